The number of hydrogen-bond donors (Lipinski definition) is 1. The van der Waals surface area contributed by atoms with Gasteiger partial charge in [0.15, 0.2) is 5.69 Å². The zero-order chi connectivity index (χ0) is 26.3. The van der Waals surface area contributed by atoms with Crippen molar-refractivity contribution in [3.63, 3.8) is 0 Å². The van der Waals surface area contributed by atoms with Crippen LogP contribution in [-0.4, -0.2) is 59.4 Å². The standard InChI is InChI=1S/C25H36N6O4S/c1-17(2)26-23(32)20-9-12-31(28-20)36(33,34)29(6)19-7-8-22-21(15-19)27-24(25(3,4)5)30(22)16-18-10-13-35-14-11-18/h7-9,12,15,17-18H,10-11,13-14,16H2,1-6H3,(H,26,32). The van der Waals surface area contributed by atoms with Crippen LogP contribution in [0.3, 0.4) is 0 Å². The smallest absolute Gasteiger partial charge is 0.345 e. The number of carbonyl (C=O) groups excluding carboxylic acids is 1. The molecule has 3 heterocycles. The summed E-state index contributed by atoms with van der Waals surface area (Å²) in [7, 11) is -2.58. The maximum Gasteiger partial charge on any atom is 0.345 e. The highest BCUT2D eigenvalue weighted by atomic mass is 32.2. The van der Waals surface area contributed by atoms with Crippen molar-refractivity contribution in [1.29, 1.82) is 0 Å². The predicted octanol–water partition coefficient (Wildman–Crippen LogP) is 3.32. The van der Waals surface area contributed by atoms with Crippen molar-refractivity contribution >= 4 is 32.8 Å². The van der Waals surface area contributed by atoms with Gasteiger partial charge in [0.2, 0.25) is 0 Å². The van der Waals surface area contributed by atoms with Crippen molar-refractivity contribution in [2.75, 3.05) is 24.6 Å². The number of ether oxygens (including phenoxy) is 1. The molecule has 196 valence electrons. The molecule has 0 spiro atoms. The minimum Gasteiger partial charge on any atom is -0.381 e. The summed E-state index contributed by atoms with van der Waals surface area (Å²) in [5.41, 5.74) is 2.04. The van der Waals surface area contributed by atoms with Gasteiger partial charge >= 0.3 is 10.2 Å². The van der Waals surface area contributed by atoms with Crippen LogP contribution in [0, 0.1) is 5.92 Å². The van der Waals surface area contributed by atoms with Crippen molar-refractivity contribution in [3.8, 4) is 0 Å². The van der Waals surface area contributed by atoms with E-state index in [0.717, 1.165) is 57.9 Å². The first-order valence-electron chi connectivity index (χ1n) is 12.3. The molecule has 1 saturated heterocycles. The molecule has 0 atom stereocenters. The summed E-state index contributed by atoms with van der Waals surface area (Å²) in [6, 6.07) is 6.81. The fourth-order valence-corrected chi connectivity index (χ4v) is 5.45. The van der Waals surface area contributed by atoms with E-state index in [9.17, 15) is 13.2 Å². The second-order valence-electron chi connectivity index (χ2n) is 10.7. The van der Waals surface area contributed by atoms with Crippen LogP contribution in [0.15, 0.2) is 30.5 Å². The third kappa shape index (κ3) is 5.27. The van der Waals surface area contributed by atoms with E-state index in [1.807, 2.05) is 19.9 Å². The average molecular weight is 517 g/mol. The number of aromatic nitrogens is 4. The molecule has 2 aromatic heterocycles. The quantitative estimate of drug-likeness (QED) is 0.516. The molecule has 36 heavy (non-hydrogen) atoms. The first kappa shape index (κ1) is 26.2. The molecule has 1 fully saturated rings. The van der Waals surface area contributed by atoms with Gasteiger partial charge < -0.3 is 14.6 Å². The number of nitrogens with one attached hydrogen (secondary N) is 1. The molecule has 0 radical (unpaired) electrons. The Labute approximate surface area is 212 Å². The molecule has 4 rings (SSSR count). The molecule has 11 heteroatoms. The van der Waals surface area contributed by atoms with Gasteiger partial charge in [-0.05, 0) is 56.9 Å². The molecule has 0 unspecified atom stereocenters. The van der Waals surface area contributed by atoms with E-state index in [2.05, 4.69) is 35.8 Å². The van der Waals surface area contributed by atoms with Crippen molar-refractivity contribution in [2.24, 2.45) is 5.92 Å². The SMILES string of the molecule is CC(C)NC(=O)c1ccn(S(=O)(=O)N(C)c2ccc3c(c2)nc(C(C)(C)C)n3CC2CCOCC2)n1. The summed E-state index contributed by atoms with van der Waals surface area (Å²) < 4.78 is 36.3. The van der Waals surface area contributed by atoms with Gasteiger partial charge in [0, 0.05) is 44.5 Å². The molecule has 1 aliphatic heterocycles. The van der Waals surface area contributed by atoms with Gasteiger partial charge in [-0.15, -0.1) is 4.09 Å². The van der Waals surface area contributed by atoms with E-state index in [-0.39, 0.29) is 17.2 Å². The van der Waals surface area contributed by atoms with Gasteiger partial charge in [0.1, 0.15) is 5.82 Å². The topological polar surface area (TPSA) is 111 Å². The van der Waals surface area contributed by atoms with Crippen LogP contribution < -0.4 is 9.62 Å². The lowest BCUT2D eigenvalue weighted by atomic mass is 9.94. The normalized spacial score (nSPS) is 15.5. The van der Waals surface area contributed by atoms with Crippen LogP contribution >= 0.6 is 0 Å². The lowest BCUT2D eigenvalue weighted by Gasteiger charge is -2.26. The van der Waals surface area contributed by atoms with E-state index in [1.54, 1.807) is 12.1 Å². The van der Waals surface area contributed by atoms with E-state index in [1.165, 1.54) is 19.3 Å². The van der Waals surface area contributed by atoms with E-state index < -0.39 is 16.1 Å². The lowest BCUT2D eigenvalue weighted by molar-refractivity contribution is 0.0611. The van der Waals surface area contributed by atoms with Crippen LogP contribution in [0.25, 0.3) is 11.0 Å². The summed E-state index contributed by atoms with van der Waals surface area (Å²) in [5.74, 6) is 1.06. The molecule has 1 aromatic carbocycles. The number of nitrogens with zero attached hydrogens (tertiary/aromatic N) is 5. The molecule has 1 N–H and O–H groups in total. The minimum atomic E-state index is -4.05. The number of anilines is 1. The van der Waals surface area contributed by atoms with Gasteiger partial charge in [0.25, 0.3) is 5.91 Å². The zero-order valence-corrected chi connectivity index (χ0v) is 22.7. The second-order valence-corrected chi connectivity index (χ2v) is 12.5. The van der Waals surface area contributed by atoms with Crippen LogP contribution in [-0.2, 0) is 26.9 Å². The number of fused-ring (bicyclic) bond motifs is 1. The second kappa shape index (κ2) is 9.85. The number of carbonyl (C=O) groups is 1. The Morgan fingerprint density at radius 2 is 1.92 bits per heavy atom. The molecule has 1 amide bonds. The molecule has 10 nitrogen and oxygen atoms in total. The molecule has 0 aliphatic carbocycles. The minimum absolute atomic E-state index is 0.0396. The number of rotatable bonds is 7. The Hall–Kier alpha value is -2.92. The van der Waals surface area contributed by atoms with Gasteiger partial charge in [-0.25, -0.2) is 4.98 Å². The summed E-state index contributed by atoms with van der Waals surface area (Å²) in [6.07, 6.45) is 3.31. The summed E-state index contributed by atoms with van der Waals surface area (Å²) >= 11 is 0. The van der Waals surface area contributed by atoms with Crippen molar-refractivity contribution < 1.29 is 17.9 Å². The molecule has 0 bridgehead atoms. The van der Waals surface area contributed by atoms with Gasteiger partial charge in [-0.1, -0.05) is 20.8 Å². The number of amides is 1. The summed E-state index contributed by atoms with van der Waals surface area (Å²) in [5, 5.41) is 6.72. The maximum absolute atomic E-state index is 13.3. The highest BCUT2D eigenvalue weighted by molar-refractivity contribution is 7.91. The van der Waals surface area contributed by atoms with Crippen LogP contribution in [0.2, 0.25) is 0 Å². The van der Waals surface area contributed by atoms with Crippen molar-refractivity contribution in [1.82, 2.24) is 24.1 Å². The van der Waals surface area contributed by atoms with Crippen LogP contribution in [0.4, 0.5) is 5.69 Å². The van der Waals surface area contributed by atoms with Crippen LogP contribution in [0.1, 0.15) is 63.8 Å². The maximum atomic E-state index is 13.3. The summed E-state index contributed by atoms with van der Waals surface area (Å²) in [6.45, 7) is 12.5. The fraction of sp³-hybridized carbons (Fsp3) is 0.560. The first-order chi connectivity index (χ1) is 16.9. The van der Waals surface area contributed by atoms with Crippen LogP contribution in [0.5, 0.6) is 0 Å². The van der Waals surface area contributed by atoms with E-state index in [0.29, 0.717) is 11.6 Å². The third-order valence-electron chi connectivity index (χ3n) is 6.35. The van der Waals surface area contributed by atoms with Gasteiger partial charge in [0.05, 0.1) is 16.7 Å². The molecule has 0 saturated carbocycles. The Morgan fingerprint density at radius 3 is 2.56 bits per heavy atom. The monoisotopic (exact) mass is 516 g/mol. The van der Waals surface area contributed by atoms with Gasteiger partial charge in [-0.2, -0.15) is 13.5 Å². The number of hydrogen-bond acceptors (Lipinski definition) is 6. The number of imidazole rings is 1. The fourth-order valence-electron chi connectivity index (χ4n) is 4.41. The van der Waals surface area contributed by atoms with E-state index >= 15 is 0 Å². The van der Waals surface area contributed by atoms with E-state index in [4.69, 9.17) is 9.72 Å². The lowest BCUT2D eigenvalue weighted by Crippen LogP contribution is -2.34. The van der Waals surface area contributed by atoms with Crippen molar-refractivity contribution in [2.45, 2.75) is 65.5 Å². The number of benzene rings is 1. The Balaban J connectivity index is 1.66. The highest BCUT2D eigenvalue weighted by Gasteiger charge is 2.27. The molecule has 1 aliphatic rings. The molecular weight excluding hydrogens is 480 g/mol. The largest absolute Gasteiger partial charge is 0.381 e. The highest BCUT2D eigenvalue weighted by Crippen LogP contribution is 2.31. The summed E-state index contributed by atoms with van der Waals surface area (Å²) in [4.78, 5) is 17.2. The average Bonchev–Trinajstić information content (AvgIpc) is 3.45. The predicted molar refractivity (Wildman–Crippen MR) is 140 cm³/mol. The molecule has 3 aromatic rings. The van der Waals surface area contributed by atoms with Crippen molar-refractivity contribution in [3.05, 3.63) is 42.0 Å². The Morgan fingerprint density at radius 1 is 1.22 bits per heavy atom. The zero-order valence-electron chi connectivity index (χ0n) is 21.9. The third-order valence-corrected chi connectivity index (χ3v) is 7.93. The first-order valence-corrected chi connectivity index (χ1v) is 13.7. The molecular formula is C25H36N6O4S. The Kier molecular flexibility index (Phi) is 7.16. The Bertz CT molecular complexity index is 1350. The van der Waals surface area contributed by atoms with Gasteiger partial charge in [-0.3, -0.25) is 9.10 Å².